The highest BCUT2D eigenvalue weighted by molar-refractivity contribution is 9.10. The van der Waals surface area contributed by atoms with Crippen molar-refractivity contribution in [1.82, 2.24) is 25.6 Å². The number of halogens is 2. The molecule has 1 aromatic carbocycles. The lowest BCUT2D eigenvalue weighted by molar-refractivity contribution is 0.0924. The SMILES string of the molecule is Cc1c(C(=O)NC2CCNCC2)nnn1-c1cccc(Br)c1.Cl. The van der Waals surface area contributed by atoms with Crippen molar-refractivity contribution in [2.24, 2.45) is 0 Å². The Hall–Kier alpha value is -1.44. The second kappa shape index (κ2) is 7.90. The highest BCUT2D eigenvalue weighted by atomic mass is 79.9. The number of benzene rings is 1. The van der Waals surface area contributed by atoms with Gasteiger partial charge < -0.3 is 10.6 Å². The van der Waals surface area contributed by atoms with Crippen LogP contribution in [0.4, 0.5) is 0 Å². The number of nitrogens with zero attached hydrogens (tertiary/aromatic N) is 3. The van der Waals surface area contributed by atoms with Crippen molar-refractivity contribution in [2.45, 2.75) is 25.8 Å². The summed E-state index contributed by atoms with van der Waals surface area (Å²) in [4.78, 5) is 12.4. The normalized spacial score (nSPS) is 15.0. The van der Waals surface area contributed by atoms with E-state index >= 15 is 0 Å². The minimum absolute atomic E-state index is 0. The van der Waals surface area contributed by atoms with Crippen LogP contribution in [-0.2, 0) is 0 Å². The molecule has 2 heterocycles. The largest absolute Gasteiger partial charge is 0.348 e. The third-order valence-electron chi connectivity index (χ3n) is 3.84. The maximum Gasteiger partial charge on any atom is 0.273 e. The average Bonchev–Trinajstić information content (AvgIpc) is 2.90. The van der Waals surface area contributed by atoms with Gasteiger partial charge in [-0.1, -0.05) is 27.2 Å². The third-order valence-corrected chi connectivity index (χ3v) is 4.33. The van der Waals surface area contributed by atoms with Gasteiger partial charge in [0.2, 0.25) is 0 Å². The molecule has 0 atom stereocenters. The van der Waals surface area contributed by atoms with Crippen molar-refractivity contribution in [3.8, 4) is 5.69 Å². The summed E-state index contributed by atoms with van der Waals surface area (Å²) in [5.41, 5.74) is 2.00. The maximum atomic E-state index is 12.4. The van der Waals surface area contributed by atoms with Gasteiger partial charge in [-0.3, -0.25) is 4.79 Å². The average molecular weight is 401 g/mol. The van der Waals surface area contributed by atoms with Gasteiger partial charge in [0.1, 0.15) is 0 Å². The van der Waals surface area contributed by atoms with E-state index in [0.29, 0.717) is 5.69 Å². The molecule has 0 spiro atoms. The van der Waals surface area contributed by atoms with E-state index in [0.717, 1.165) is 41.8 Å². The summed E-state index contributed by atoms with van der Waals surface area (Å²) < 4.78 is 2.64. The molecule has 6 nitrogen and oxygen atoms in total. The lowest BCUT2D eigenvalue weighted by Gasteiger charge is -2.23. The monoisotopic (exact) mass is 399 g/mol. The van der Waals surface area contributed by atoms with Crippen molar-refractivity contribution in [3.63, 3.8) is 0 Å². The van der Waals surface area contributed by atoms with Gasteiger partial charge in [0.05, 0.1) is 11.4 Å². The fourth-order valence-electron chi connectivity index (χ4n) is 2.61. The van der Waals surface area contributed by atoms with Crippen molar-refractivity contribution in [2.75, 3.05) is 13.1 Å². The Bertz CT molecular complexity index is 684. The molecule has 124 valence electrons. The molecule has 0 bridgehead atoms. The second-order valence-corrected chi connectivity index (χ2v) is 6.33. The molecule has 1 fully saturated rings. The summed E-state index contributed by atoms with van der Waals surface area (Å²) in [5, 5.41) is 14.5. The topological polar surface area (TPSA) is 71.8 Å². The number of nitrogens with one attached hydrogen (secondary N) is 2. The zero-order valence-electron chi connectivity index (χ0n) is 12.8. The lowest BCUT2D eigenvalue weighted by Crippen LogP contribution is -2.43. The summed E-state index contributed by atoms with van der Waals surface area (Å²) in [6.45, 7) is 3.74. The van der Waals surface area contributed by atoms with Gasteiger partial charge in [0.15, 0.2) is 5.69 Å². The minimum atomic E-state index is -0.148. The van der Waals surface area contributed by atoms with Gasteiger partial charge in [0.25, 0.3) is 5.91 Å². The molecule has 1 saturated heterocycles. The van der Waals surface area contributed by atoms with Gasteiger partial charge in [-0.05, 0) is 51.1 Å². The molecule has 1 aliphatic rings. The molecule has 8 heteroatoms. The molecule has 0 saturated carbocycles. The van der Waals surface area contributed by atoms with Crippen molar-refractivity contribution >= 4 is 34.2 Å². The summed E-state index contributed by atoms with van der Waals surface area (Å²) in [6.07, 6.45) is 1.90. The van der Waals surface area contributed by atoms with Crippen LogP contribution in [0.2, 0.25) is 0 Å². The number of amides is 1. The standard InChI is InChI=1S/C15H18BrN5O.ClH/c1-10-14(15(22)18-12-5-7-17-8-6-12)19-20-21(10)13-4-2-3-11(16)9-13;/h2-4,9,12,17H,5-8H2,1H3,(H,18,22);1H. The lowest BCUT2D eigenvalue weighted by atomic mass is 10.1. The molecule has 3 rings (SSSR count). The zero-order chi connectivity index (χ0) is 15.5. The molecular formula is C15H19BrClN5O. The number of aromatic nitrogens is 3. The third kappa shape index (κ3) is 4.10. The van der Waals surface area contributed by atoms with Crippen molar-refractivity contribution in [1.29, 1.82) is 0 Å². The van der Waals surface area contributed by atoms with Crippen LogP contribution in [0.15, 0.2) is 28.7 Å². The number of hydrogen-bond acceptors (Lipinski definition) is 4. The Kier molecular flexibility index (Phi) is 6.15. The number of carbonyl (C=O) groups is 1. The number of piperidine rings is 1. The molecule has 0 unspecified atom stereocenters. The quantitative estimate of drug-likeness (QED) is 0.829. The van der Waals surface area contributed by atoms with E-state index in [2.05, 4.69) is 36.9 Å². The van der Waals surface area contributed by atoms with Gasteiger partial charge >= 0.3 is 0 Å². The maximum absolute atomic E-state index is 12.4. The zero-order valence-corrected chi connectivity index (χ0v) is 15.2. The highest BCUT2D eigenvalue weighted by Crippen LogP contribution is 2.17. The first kappa shape index (κ1) is 17.9. The first-order valence-corrected chi connectivity index (χ1v) is 8.14. The van der Waals surface area contributed by atoms with Gasteiger partial charge in [-0.15, -0.1) is 17.5 Å². The molecule has 1 aromatic heterocycles. The number of carbonyl (C=O) groups excluding carboxylic acids is 1. The number of rotatable bonds is 3. The Morgan fingerprint density at radius 1 is 1.39 bits per heavy atom. The molecule has 0 aliphatic carbocycles. The fraction of sp³-hybridized carbons (Fsp3) is 0.400. The van der Waals surface area contributed by atoms with E-state index in [1.807, 2.05) is 31.2 Å². The summed E-state index contributed by atoms with van der Waals surface area (Å²) in [5.74, 6) is -0.148. The van der Waals surface area contributed by atoms with E-state index in [1.165, 1.54) is 0 Å². The van der Waals surface area contributed by atoms with Crippen LogP contribution in [0.5, 0.6) is 0 Å². The summed E-state index contributed by atoms with van der Waals surface area (Å²) in [7, 11) is 0. The van der Waals surface area contributed by atoms with Crippen molar-refractivity contribution in [3.05, 3.63) is 40.1 Å². The van der Waals surface area contributed by atoms with Crippen LogP contribution < -0.4 is 10.6 Å². The van der Waals surface area contributed by atoms with Gasteiger partial charge in [-0.25, -0.2) is 4.68 Å². The van der Waals surface area contributed by atoms with Gasteiger partial charge in [-0.2, -0.15) is 0 Å². The molecular weight excluding hydrogens is 382 g/mol. The first-order valence-electron chi connectivity index (χ1n) is 7.35. The molecule has 1 aliphatic heterocycles. The predicted octanol–water partition coefficient (Wildman–Crippen LogP) is 2.24. The minimum Gasteiger partial charge on any atom is -0.348 e. The molecule has 2 aromatic rings. The Labute approximate surface area is 149 Å². The van der Waals surface area contributed by atoms with Crippen LogP contribution in [0.3, 0.4) is 0 Å². The number of hydrogen-bond donors (Lipinski definition) is 2. The van der Waals surface area contributed by atoms with E-state index in [4.69, 9.17) is 0 Å². The van der Waals surface area contributed by atoms with E-state index in [-0.39, 0.29) is 24.4 Å². The Balaban J connectivity index is 0.00000192. The molecule has 23 heavy (non-hydrogen) atoms. The predicted molar refractivity (Wildman–Crippen MR) is 94.4 cm³/mol. The van der Waals surface area contributed by atoms with E-state index in [9.17, 15) is 4.79 Å². The fourth-order valence-corrected chi connectivity index (χ4v) is 3.00. The first-order chi connectivity index (χ1) is 10.6. The summed E-state index contributed by atoms with van der Waals surface area (Å²) in [6, 6.07) is 7.96. The van der Waals surface area contributed by atoms with E-state index < -0.39 is 0 Å². The van der Waals surface area contributed by atoms with Crippen LogP contribution >= 0.6 is 28.3 Å². The summed E-state index contributed by atoms with van der Waals surface area (Å²) >= 11 is 3.44. The van der Waals surface area contributed by atoms with Crippen LogP contribution in [0.1, 0.15) is 29.0 Å². The van der Waals surface area contributed by atoms with Crippen molar-refractivity contribution < 1.29 is 4.79 Å². The Morgan fingerprint density at radius 2 is 2.13 bits per heavy atom. The van der Waals surface area contributed by atoms with Crippen LogP contribution in [0, 0.1) is 6.92 Å². The Morgan fingerprint density at radius 3 is 2.83 bits per heavy atom. The smallest absolute Gasteiger partial charge is 0.273 e. The van der Waals surface area contributed by atoms with Gasteiger partial charge in [0, 0.05) is 10.5 Å². The van der Waals surface area contributed by atoms with E-state index in [1.54, 1.807) is 4.68 Å². The molecule has 1 amide bonds. The molecule has 2 N–H and O–H groups in total. The van der Waals surface area contributed by atoms with Crippen LogP contribution in [-0.4, -0.2) is 40.0 Å². The second-order valence-electron chi connectivity index (χ2n) is 5.41. The van der Waals surface area contributed by atoms with Crippen LogP contribution in [0.25, 0.3) is 5.69 Å². The molecule has 0 radical (unpaired) electrons. The highest BCUT2D eigenvalue weighted by Gasteiger charge is 2.21.